The molecule has 0 aromatic rings. The van der Waals surface area contributed by atoms with Crippen LogP contribution in [-0.4, -0.2) is 5.78 Å². The minimum absolute atomic E-state index is 0.391. The number of carbonyl (C=O) groups is 1. The Morgan fingerprint density at radius 3 is 3.10 bits per heavy atom. The molecule has 54 valence electrons. The quantitative estimate of drug-likeness (QED) is 0.504. The van der Waals surface area contributed by atoms with Crippen molar-refractivity contribution in [2.75, 3.05) is 0 Å². The molecule has 1 unspecified atom stereocenters. The zero-order valence-electron chi connectivity index (χ0n) is 6.10. The van der Waals surface area contributed by atoms with Gasteiger partial charge in [0.1, 0.15) is 5.78 Å². The molecule has 1 aliphatic rings. The van der Waals surface area contributed by atoms with Crippen molar-refractivity contribution in [3.8, 4) is 0 Å². The van der Waals surface area contributed by atoms with E-state index in [1.54, 1.807) is 0 Å². The van der Waals surface area contributed by atoms with Crippen LogP contribution < -0.4 is 0 Å². The Morgan fingerprint density at radius 2 is 2.50 bits per heavy atom. The number of allylic oxidation sites excluding steroid dienone is 1. The van der Waals surface area contributed by atoms with Gasteiger partial charge in [-0.2, -0.15) is 0 Å². The first-order valence-electron chi connectivity index (χ1n) is 3.70. The minimum Gasteiger partial charge on any atom is -0.300 e. The number of hydrogen-bond acceptors (Lipinski definition) is 1. The first-order chi connectivity index (χ1) is 4.83. The lowest BCUT2D eigenvalue weighted by Gasteiger charge is -2.15. The fourth-order valence-electron chi connectivity index (χ4n) is 1.37. The van der Waals surface area contributed by atoms with Crippen LogP contribution in [-0.2, 0) is 4.79 Å². The number of ketones is 1. The Labute approximate surface area is 61.4 Å². The van der Waals surface area contributed by atoms with Crippen molar-refractivity contribution in [3.05, 3.63) is 18.4 Å². The summed E-state index contributed by atoms with van der Waals surface area (Å²) < 4.78 is 0. The molecule has 1 nitrogen and oxygen atoms in total. The van der Waals surface area contributed by atoms with E-state index < -0.39 is 0 Å². The second-order valence-electron chi connectivity index (χ2n) is 2.77. The normalized spacial score (nSPS) is 25.6. The van der Waals surface area contributed by atoms with Crippen molar-refractivity contribution < 1.29 is 4.79 Å². The molecule has 1 atom stereocenters. The molecular formula is C9H12O. The van der Waals surface area contributed by atoms with E-state index in [9.17, 15) is 4.79 Å². The highest BCUT2D eigenvalue weighted by Gasteiger charge is 2.16. The summed E-state index contributed by atoms with van der Waals surface area (Å²) in [5, 5.41) is 0. The van der Waals surface area contributed by atoms with E-state index in [2.05, 4.69) is 12.3 Å². The SMILES string of the molecule is C=C=CC1CCCC(=O)C1. The number of rotatable bonds is 1. The summed E-state index contributed by atoms with van der Waals surface area (Å²) >= 11 is 0. The molecule has 0 aliphatic heterocycles. The van der Waals surface area contributed by atoms with Gasteiger partial charge in [-0.05, 0) is 24.8 Å². The molecule has 1 rings (SSSR count). The first kappa shape index (κ1) is 7.30. The topological polar surface area (TPSA) is 17.1 Å². The molecule has 0 heterocycles. The Morgan fingerprint density at radius 1 is 1.70 bits per heavy atom. The monoisotopic (exact) mass is 136 g/mol. The highest BCUT2D eigenvalue weighted by Crippen LogP contribution is 2.21. The van der Waals surface area contributed by atoms with Crippen LogP contribution in [0.2, 0.25) is 0 Å². The van der Waals surface area contributed by atoms with Gasteiger partial charge < -0.3 is 0 Å². The van der Waals surface area contributed by atoms with Gasteiger partial charge in [0.2, 0.25) is 0 Å². The van der Waals surface area contributed by atoms with Crippen molar-refractivity contribution >= 4 is 5.78 Å². The predicted octanol–water partition coefficient (Wildman–Crippen LogP) is 2.09. The molecule has 0 amide bonds. The Balaban J connectivity index is 2.46. The lowest BCUT2D eigenvalue weighted by molar-refractivity contribution is -0.121. The molecule has 0 N–H and O–H groups in total. The summed E-state index contributed by atoms with van der Waals surface area (Å²) in [4.78, 5) is 10.9. The molecule has 10 heavy (non-hydrogen) atoms. The van der Waals surface area contributed by atoms with Gasteiger partial charge >= 0.3 is 0 Å². The molecule has 1 fully saturated rings. The van der Waals surface area contributed by atoms with E-state index in [4.69, 9.17) is 0 Å². The second-order valence-corrected chi connectivity index (χ2v) is 2.77. The third-order valence-corrected chi connectivity index (χ3v) is 1.87. The van der Waals surface area contributed by atoms with E-state index in [1.807, 2.05) is 6.08 Å². The maximum Gasteiger partial charge on any atom is 0.133 e. The summed E-state index contributed by atoms with van der Waals surface area (Å²) in [6.45, 7) is 3.49. The molecular weight excluding hydrogens is 124 g/mol. The maximum absolute atomic E-state index is 10.9. The number of carbonyl (C=O) groups excluding carboxylic acids is 1. The Hall–Kier alpha value is -0.810. The van der Waals surface area contributed by atoms with E-state index in [0.29, 0.717) is 18.1 Å². The van der Waals surface area contributed by atoms with Crippen LogP contribution in [0.3, 0.4) is 0 Å². The third kappa shape index (κ3) is 1.85. The second kappa shape index (κ2) is 3.38. The first-order valence-corrected chi connectivity index (χ1v) is 3.70. The molecule has 1 heteroatoms. The van der Waals surface area contributed by atoms with Crippen LogP contribution in [0, 0.1) is 5.92 Å². The molecule has 1 saturated carbocycles. The van der Waals surface area contributed by atoms with Crippen molar-refractivity contribution in [2.45, 2.75) is 25.7 Å². The van der Waals surface area contributed by atoms with Gasteiger partial charge in [0.05, 0.1) is 0 Å². The van der Waals surface area contributed by atoms with Crippen LogP contribution >= 0.6 is 0 Å². The minimum atomic E-state index is 0.391. The predicted molar refractivity (Wildman–Crippen MR) is 40.7 cm³/mol. The van der Waals surface area contributed by atoms with Crippen molar-refractivity contribution in [3.63, 3.8) is 0 Å². The summed E-state index contributed by atoms with van der Waals surface area (Å²) in [5.41, 5.74) is 2.73. The van der Waals surface area contributed by atoms with Crippen molar-refractivity contribution in [1.29, 1.82) is 0 Å². The van der Waals surface area contributed by atoms with E-state index in [1.165, 1.54) is 0 Å². The van der Waals surface area contributed by atoms with E-state index in [-0.39, 0.29) is 0 Å². The Kier molecular flexibility index (Phi) is 2.47. The standard InChI is InChI=1S/C9H12O/c1-2-4-8-5-3-6-9(10)7-8/h4,8H,1,3,5-7H2. The van der Waals surface area contributed by atoms with Crippen molar-refractivity contribution in [1.82, 2.24) is 0 Å². The van der Waals surface area contributed by atoms with Gasteiger partial charge in [0, 0.05) is 12.8 Å². The largest absolute Gasteiger partial charge is 0.300 e. The van der Waals surface area contributed by atoms with Gasteiger partial charge in [0.15, 0.2) is 0 Å². The fraction of sp³-hybridized carbons (Fsp3) is 0.556. The summed E-state index contributed by atoms with van der Waals surface area (Å²) in [5.74, 6) is 0.821. The fourth-order valence-corrected chi connectivity index (χ4v) is 1.37. The summed E-state index contributed by atoms with van der Waals surface area (Å²) in [7, 11) is 0. The highest BCUT2D eigenvalue weighted by molar-refractivity contribution is 5.79. The van der Waals surface area contributed by atoms with Crippen LogP contribution in [0.4, 0.5) is 0 Å². The average Bonchev–Trinajstić information content (AvgIpc) is 1.88. The van der Waals surface area contributed by atoms with Gasteiger partial charge in [-0.1, -0.05) is 6.58 Å². The molecule has 0 aromatic heterocycles. The molecule has 1 aliphatic carbocycles. The molecule has 0 spiro atoms. The van der Waals surface area contributed by atoms with Crippen LogP contribution in [0.1, 0.15) is 25.7 Å². The van der Waals surface area contributed by atoms with E-state index >= 15 is 0 Å². The van der Waals surface area contributed by atoms with Crippen LogP contribution in [0.25, 0.3) is 0 Å². The zero-order valence-corrected chi connectivity index (χ0v) is 6.10. The third-order valence-electron chi connectivity index (χ3n) is 1.87. The van der Waals surface area contributed by atoms with Crippen LogP contribution in [0.5, 0.6) is 0 Å². The van der Waals surface area contributed by atoms with E-state index in [0.717, 1.165) is 19.3 Å². The van der Waals surface area contributed by atoms with Gasteiger partial charge in [-0.3, -0.25) is 4.79 Å². The smallest absolute Gasteiger partial charge is 0.133 e. The maximum atomic E-state index is 10.9. The molecule has 0 aromatic carbocycles. The van der Waals surface area contributed by atoms with Gasteiger partial charge in [0.25, 0.3) is 0 Å². The highest BCUT2D eigenvalue weighted by atomic mass is 16.1. The van der Waals surface area contributed by atoms with Crippen molar-refractivity contribution in [2.24, 2.45) is 5.92 Å². The Bertz CT molecular complexity index is 175. The molecule has 0 bridgehead atoms. The van der Waals surface area contributed by atoms with Gasteiger partial charge in [-0.15, -0.1) is 5.73 Å². The number of Topliss-reactive ketones (excluding diaryl/α,β-unsaturated/α-hetero) is 1. The molecule has 0 saturated heterocycles. The lowest BCUT2D eigenvalue weighted by Crippen LogP contribution is -2.12. The number of hydrogen-bond donors (Lipinski definition) is 0. The van der Waals surface area contributed by atoms with Gasteiger partial charge in [-0.25, -0.2) is 0 Å². The lowest BCUT2D eigenvalue weighted by atomic mass is 9.88. The zero-order chi connectivity index (χ0) is 7.40. The van der Waals surface area contributed by atoms with Crippen LogP contribution in [0.15, 0.2) is 18.4 Å². The summed E-state index contributed by atoms with van der Waals surface area (Å²) in [6.07, 6.45) is 5.58. The average molecular weight is 136 g/mol. The molecule has 0 radical (unpaired) electrons. The summed E-state index contributed by atoms with van der Waals surface area (Å²) in [6, 6.07) is 0.